The predicted octanol–water partition coefficient (Wildman–Crippen LogP) is 4.97. The molecule has 1 aromatic carbocycles. The van der Waals surface area contributed by atoms with E-state index in [9.17, 15) is 9.90 Å². The normalized spacial score (nSPS) is 14.5. The Morgan fingerprint density at radius 2 is 2.08 bits per heavy atom. The molecule has 0 fully saturated rings. The molecule has 5 heteroatoms. The van der Waals surface area contributed by atoms with Crippen molar-refractivity contribution in [2.75, 3.05) is 6.61 Å². The van der Waals surface area contributed by atoms with E-state index in [-0.39, 0.29) is 11.3 Å². The molecular weight excluding hydrogens is 338 g/mol. The molecule has 1 aliphatic rings. The third-order valence-corrected chi connectivity index (χ3v) is 4.87. The molecule has 0 aliphatic heterocycles. The molecular formula is C20H20ClNO3. The number of aromatic nitrogens is 1. The lowest BCUT2D eigenvalue weighted by molar-refractivity contribution is 0.111. The summed E-state index contributed by atoms with van der Waals surface area (Å²) < 4.78 is 5.88. The van der Waals surface area contributed by atoms with Crippen molar-refractivity contribution in [3.05, 3.63) is 57.9 Å². The fraction of sp³-hybridized carbons (Fsp3) is 0.300. The van der Waals surface area contributed by atoms with Gasteiger partial charge in [0.15, 0.2) is 6.29 Å². The molecule has 0 radical (unpaired) electrons. The Morgan fingerprint density at radius 3 is 2.84 bits per heavy atom. The molecule has 1 aromatic heterocycles. The SMILES string of the molecule is Cc1ccc(OCC2=C(c3cccnc3Cl)CCCC2)c(C=O)c1O. The van der Waals surface area contributed by atoms with Crippen molar-refractivity contribution in [3.8, 4) is 11.5 Å². The Hall–Kier alpha value is -2.33. The maximum Gasteiger partial charge on any atom is 0.157 e. The summed E-state index contributed by atoms with van der Waals surface area (Å²) in [6.45, 7) is 2.11. The van der Waals surface area contributed by atoms with Gasteiger partial charge in [0.2, 0.25) is 0 Å². The number of halogens is 1. The second-order valence-electron chi connectivity index (χ2n) is 6.18. The molecule has 0 amide bonds. The fourth-order valence-electron chi connectivity index (χ4n) is 3.17. The van der Waals surface area contributed by atoms with Crippen LogP contribution in [0.2, 0.25) is 5.15 Å². The van der Waals surface area contributed by atoms with Gasteiger partial charge in [-0.15, -0.1) is 0 Å². The minimum atomic E-state index is -0.0272. The van der Waals surface area contributed by atoms with Crippen LogP contribution < -0.4 is 4.74 Å². The Morgan fingerprint density at radius 1 is 1.28 bits per heavy atom. The van der Waals surface area contributed by atoms with E-state index in [0.29, 0.717) is 29.4 Å². The highest BCUT2D eigenvalue weighted by Gasteiger charge is 2.18. The Balaban J connectivity index is 1.90. The zero-order valence-corrected chi connectivity index (χ0v) is 14.8. The number of phenolic OH excluding ortho intramolecular Hbond substituents is 1. The quantitative estimate of drug-likeness (QED) is 0.606. The monoisotopic (exact) mass is 357 g/mol. The van der Waals surface area contributed by atoms with Crippen molar-refractivity contribution in [3.63, 3.8) is 0 Å². The summed E-state index contributed by atoms with van der Waals surface area (Å²) in [5.41, 5.74) is 4.13. The second-order valence-corrected chi connectivity index (χ2v) is 6.54. The average Bonchev–Trinajstić information content (AvgIpc) is 2.63. The molecule has 0 spiro atoms. The molecule has 25 heavy (non-hydrogen) atoms. The lowest BCUT2D eigenvalue weighted by Gasteiger charge is -2.22. The smallest absolute Gasteiger partial charge is 0.157 e. The summed E-state index contributed by atoms with van der Waals surface area (Å²) >= 11 is 6.26. The number of hydrogen-bond donors (Lipinski definition) is 1. The van der Waals surface area contributed by atoms with Crippen LogP contribution in [0.4, 0.5) is 0 Å². The number of benzene rings is 1. The van der Waals surface area contributed by atoms with Gasteiger partial charge < -0.3 is 9.84 Å². The van der Waals surface area contributed by atoms with Crippen LogP contribution in [-0.2, 0) is 0 Å². The number of carbonyl (C=O) groups is 1. The molecule has 1 N–H and O–H groups in total. The Bertz CT molecular complexity index is 830. The van der Waals surface area contributed by atoms with Crippen LogP contribution in [0.5, 0.6) is 11.5 Å². The number of aryl methyl sites for hydroxylation is 1. The van der Waals surface area contributed by atoms with Gasteiger partial charge in [-0.1, -0.05) is 23.7 Å². The number of pyridine rings is 1. The molecule has 130 valence electrons. The first-order chi connectivity index (χ1) is 12.1. The summed E-state index contributed by atoms with van der Waals surface area (Å²) in [5.74, 6) is 0.369. The van der Waals surface area contributed by atoms with Crippen LogP contribution >= 0.6 is 11.6 Å². The minimum Gasteiger partial charge on any atom is -0.507 e. The van der Waals surface area contributed by atoms with Crippen molar-refractivity contribution in [2.24, 2.45) is 0 Å². The van der Waals surface area contributed by atoms with Gasteiger partial charge in [0, 0.05) is 11.8 Å². The Labute approximate surface area is 152 Å². The summed E-state index contributed by atoms with van der Waals surface area (Å²) in [6, 6.07) is 7.32. The number of nitrogens with zero attached hydrogens (tertiary/aromatic N) is 1. The highest BCUT2D eigenvalue weighted by atomic mass is 35.5. The molecule has 0 unspecified atom stereocenters. The van der Waals surface area contributed by atoms with Gasteiger partial charge in [-0.3, -0.25) is 4.79 Å². The molecule has 0 saturated heterocycles. The molecule has 0 atom stereocenters. The summed E-state index contributed by atoms with van der Waals surface area (Å²) in [4.78, 5) is 15.5. The fourth-order valence-corrected chi connectivity index (χ4v) is 3.40. The van der Waals surface area contributed by atoms with Gasteiger partial charge in [0.1, 0.15) is 23.3 Å². The molecule has 3 rings (SSSR count). The zero-order chi connectivity index (χ0) is 17.8. The topological polar surface area (TPSA) is 59.4 Å². The van der Waals surface area contributed by atoms with Gasteiger partial charge in [0.05, 0.1) is 5.56 Å². The van der Waals surface area contributed by atoms with Gasteiger partial charge >= 0.3 is 0 Å². The maximum atomic E-state index is 11.3. The van der Waals surface area contributed by atoms with Gasteiger partial charge in [-0.25, -0.2) is 4.98 Å². The number of ether oxygens (including phenoxy) is 1. The second kappa shape index (κ2) is 7.70. The van der Waals surface area contributed by atoms with E-state index in [2.05, 4.69) is 4.98 Å². The first kappa shape index (κ1) is 17.5. The van der Waals surface area contributed by atoms with E-state index in [0.717, 1.165) is 36.8 Å². The van der Waals surface area contributed by atoms with Crippen LogP contribution in [0.1, 0.15) is 47.2 Å². The zero-order valence-electron chi connectivity index (χ0n) is 14.1. The summed E-state index contributed by atoms with van der Waals surface area (Å²) in [7, 11) is 0. The van der Waals surface area contributed by atoms with Gasteiger partial charge in [-0.2, -0.15) is 0 Å². The lowest BCUT2D eigenvalue weighted by Crippen LogP contribution is -2.09. The molecule has 0 bridgehead atoms. The van der Waals surface area contributed by atoms with Gasteiger partial charge in [-0.05, 0) is 61.4 Å². The van der Waals surface area contributed by atoms with E-state index in [4.69, 9.17) is 16.3 Å². The number of allylic oxidation sites excluding steroid dienone is 1. The van der Waals surface area contributed by atoms with E-state index < -0.39 is 0 Å². The van der Waals surface area contributed by atoms with E-state index in [1.54, 1.807) is 25.3 Å². The molecule has 4 nitrogen and oxygen atoms in total. The first-order valence-electron chi connectivity index (χ1n) is 8.34. The minimum absolute atomic E-state index is 0.0272. The van der Waals surface area contributed by atoms with Crippen molar-refractivity contribution in [1.29, 1.82) is 0 Å². The van der Waals surface area contributed by atoms with Crippen molar-refractivity contribution < 1.29 is 14.6 Å². The molecule has 0 saturated carbocycles. The van der Waals surface area contributed by atoms with E-state index >= 15 is 0 Å². The van der Waals surface area contributed by atoms with E-state index in [1.807, 2.05) is 12.1 Å². The third-order valence-electron chi connectivity index (χ3n) is 4.56. The lowest BCUT2D eigenvalue weighted by atomic mass is 9.88. The van der Waals surface area contributed by atoms with Crippen molar-refractivity contribution >= 4 is 23.5 Å². The van der Waals surface area contributed by atoms with Crippen LogP contribution in [0, 0.1) is 6.92 Å². The summed E-state index contributed by atoms with van der Waals surface area (Å²) in [5, 5.41) is 10.5. The predicted molar refractivity (Wildman–Crippen MR) is 98.4 cm³/mol. The standard InChI is InChI=1S/C20H20ClNO3/c1-13-8-9-18(17(11-23)19(13)24)25-12-14-5-2-3-6-15(14)16-7-4-10-22-20(16)21/h4,7-11,24H,2-3,5-6,12H2,1H3. The highest BCUT2D eigenvalue weighted by Crippen LogP contribution is 2.36. The number of phenols is 1. The van der Waals surface area contributed by atoms with Gasteiger partial charge in [0.25, 0.3) is 0 Å². The maximum absolute atomic E-state index is 11.3. The van der Waals surface area contributed by atoms with Crippen LogP contribution in [0.3, 0.4) is 0 Å². The van der Waals surface area contributed by atoms with Crippen LogP contribution in [-0.4, -0.2) is 23.0 Å². The number of aldehydes is 1. The molecule has 2 aromatic rings. The highest BCUT2D eigenvalue weighted by molar-refractivity contribution is 6.31. The van der Waals surface area contributed by atoms with E-state index in [1.165, 1.54) is 5.57 Å². The molecule has 1 heterocycles. The largest absolute Gasteiger partial charge is 0.507 e. The van der Waals surface area contributed by atoms with Crippen LogP contribution in [0.15, 0.2) is 36.0 Å². The average molecular weight is 358 g/mol. The first-order valence-corrected chi connectivity index (χ1v) is 8.72. The van der Waals surface area contributed by atoms with Crippen LogP contribution in [0.25, 0.3) is 5.57 Å². The Kier molecular flexibility index (Phi) is 5.39. The number of carbonyl (C=O) groups excluding carboxylic acids is 1. The third kappa shape index (κ3) is 3.69. The number of hydrogen-bond acceptors (Lipinski definition) is 4. The van der Waals surface area contributed by atoms with Crippen molar-refractivity contribution in [2.45, 2.75) is 32.6 Å². The summed E-state index contributed by atoms with van der Waals surface area (Å²) in [6.07, 6.45) is 6.37. The molecule has 1 aliphatic carbocycles. The number of rotatable bonds is 5. The number of aromatic hydroxyl groups is 1. The van der Waals surface area contributed by atoms with Crippen molar-refractivity contribution in [1.82, 2.24) is 4.98 Å².